The Kier molecular flexibility index (Phi) is 3.35. The van der Waals surface area contributed by atoms with Crippen molar-refractivity contribution in [3.63, 3.8) is 0 Å². The fourth-order valence-corrected chi connectivity index (χ4v) is 3.40. The topological polar surface area (TPSA) is 73.1 Å². The Bertz CT molecular complexity index is 554. The summed E-state index contributed by atoms with van der Waals surface area (Å²) >= 11 is 1.67. The summed E-state index contributed by atoms with van der Waals surface area (Å²) in [5, 5.41) is 0. The van der Waals surface area contributed by atoms with E-state index in [0.29, 0.717) is 0 Å². The molecule has 0 bridgehead atoms. The molecule has 1 unspecified atom stereocenters. The average molecular weight is 275 g/mol. The number of aryl methyl sites for hydroxylation is 1. The number of nitrogen functional groups attached to an aromatic ring is 1. The molecule has 1 aromatic carbocycles. The number of imidazole rings is 1. The van der Waals surface area contributed by atoms with E-state index in [9.17, 15) is 0 Å². The third kappa shape index (κ3) is 2.54. The summed E-state index contributed by atoms with van der Waals surface area (Å²) in [6.45, 7) is 1.89. The van der Waals surface area contributed by atoms with Crippen LogP contribution in [-0.4, -0.2) is 21.6 Å². The lowest BCUT2D eigenvalue weighted by Gasteiger charge is -2.23. The Morgan fingerprint density at radius 1 is 1.32 bits per heavy atom. The fourth-order valence-electron chi connectivity index (χ4n) is 2.28. The summed E-state index contributed by atoms with van der Waals surface area (Å²) in [6, 6.07) is 5.98. The van der Waals surface area contributed by atoms with Gasteiger partial charge in [-0.15, -0.1) is 0 Å². The van der Waals surface area contributed by atoms with E-state index < -0.39 is 0 Å². The van der Waals surface area contributed by atoms with E-state index in [-0.39, 0.29) is 5.50 Å². The lowest BCUT2D eigenvalue weighted by atomic mass is 10.2. The van der Waals surface area contributed by atoms with Crippen LogP contribution in [0.4, 0.5) is 11.4 Å². The minimum absolute atomic E-state index is 0.0143. The minimum atomic E-state index is -0.0143. The molecule has 0 aliphatic carbocycles. The number of aromatic nitrogens is 2. The van der Waals surface area contributed by atoms with Crippen LogP contribution >= 0.6 is 11.8 Å². The van der Waals surface area contributed by atoms with Crippen molar-refractivity contribution in [1.29, 1.82) is 0 Å². The lowest BCUT2D eigenvalue weighted by Crippen LogP contribution is -2.37. The summed E-state index contributed by atoms with van der Waals surface area (Å²) in [7, 11) is 0. The molecule has 4 N–H and O–H groups in total. The first-order valence-corrected chi connectivity index (χ1v) is 7.16. The van der Waals surface area contributed by atoms with Crippen LogP contribution in [0.25, 0.3) is 0 Å². The third-order valence-electron chi connectivity index (χ3n) is 3.22. The van der Waals surface area contributed by atoms with E-state index in [2.05, 4.69) is 20.5 Å². The van der Waals surface area contributed by atoms with Crippen molar-refractivity contribution in [1.82, 2.24) is 9.55 Å². The van der Waals surface area contributed by atoms with Gasteiger partial charge >= 0.3 is 0 Å². The van der Waals surface area contributed by atoms with Gasteiger partial charge in [0.2, 0.25) is 0 Å². The lowest BCUT2D eigenvalue weighted by molar-refractivity contribution is 0.618. The highest BCUT2D eigenvalue weighted by Gasteiger charge is 2.26. The third-order valence-corrected chi connectivity index (χ3v) is 4.30. The smallest absolute Gasteiger partial charge is 0.130 e. The molecule has 6 heteroatoms. The number of nitrogens with two attached hydrogens (primary N) is 2. The maximum Gasteiger partial charge on any atom is 0.130 e. The van der Waals surface area contributed by atoms with E-state index >= 15 is 0 Å². The molecule has 1 aromatic heterocycles. The van der Waals surface area contributed by atoms with Crippen LogP contribution in [0.2, 0.25) is 0 Å². The highest BCUT2D eigenvalue weighted by atomic mass is 32.2. The van der Waals surface area contributed by atoms with E-state index in [1.165, 1.54) is 10.6 Å². The predicted octanol–water partition coefficient (Wildman–Crippen LogP) is 1.71. The van der Waals surface area contributed by atoms with Gasteiger partial charge in [-0.3, -0.25) is 0 Å². The van der Waals surface area contributed by atoms with Gasteiger partial charge in [-0.2, -0.15) is 0 Å². The Morgan fingerprint density at radius 2 is 2.21 bits per heavy atom. The van der Waals surface area contributed by atoms with E-state index in [1.54, 1.807) is 18.0 Å². The molecule has 2 aromatic rings. The van der Waals surface area contributed by atoms with Gasteiger partial charge in [-0.05, 0) is 24.6 Å². The molecule has 0 amide bonds. The molecule has 0 spiro atoms. The molecule has 0 saturated carbocycles. The molecule has 3 rings (SSSR count). The summed E-state index contributed by atoms with van der Waals surface area (Å²) in [6.07, 6.45) is 6.66. The fraction of sp³-hybridized carbons (Fsp3) is 0.308. The molecule has 0 saturated heterocycles. The van der Waals surface area contributed by atoms with Gasteiger partial charge < -0.3 is 20.9 Å². The molecule has 0 fully saturated rings. The molecule has 2 heterocycles. The maximum atomic E-state index is 6.17. The largest absolute Gasteiger partial charge is 0.399 e. The highest BCUT2D eigenvalue weighted by molar-refractivity contribution is 8.00. The standard InChI is InChI=1S/C13H17N5S/c14-10-2-3-11-12(8-10)19-13(15)18(11)6-1-5-17-7-4-16-9-17/h2-4,7-9,13H,1,5-6,14-15H2. The van der Waals surface area contributed by atoms with Crippen LogP contribution in [-0.2, 0) is 6.54 Å². The van der Waals surface area contributed by atoms with Crippen LogP contribution in [0.15, 0.2) is 41.8 Å². The van der Waals surface area contributed by atoms with Crippen molar-refractivity contribution < 1.29 is 0 Å². The quantitative estimate of drug-likeness (QED) is 0.831. The van der Waals surface area contributed by atoms with Crippen molar-refractivity contribution in [2.45, 2.75) is 23.4 Å². The summed E-state index contributed by atoms with van der Waals surface area (Å²) in [5.74, 6) is 0. The van der Waals surface area contributed by atoms with Gasteiger partial charge in [-0.1, -0.05) is 11.8 Å². The number of hydrogen-bond acceptors (Lipinski definition) is 5. The Labute approximate surface area is 116 Å². The number of anilines is 2. The van der Waals surface area contributed by atoms with Crippen molar-refractivity contribution in [2.75, 3.05) is 17.2 Å². The second kappa shape index (κ2) is 5.14. The first-order valence-electron chi connectivity index (χ1n) is 6.28. The summed E-state index contributed by atoms with van der Waals surface area (Å²) in [4.78, 5) is 7.45. The van der Waals surface area contributed by atoms with Gasteiger partial charge in [0.05, 0.1) is 12.0 Å². The van der Waals surface area contributed by atoms with E-state index in [0.717, 1.165) is 25.2 Å². The zero-order valence-electron chi connectivity index (χ0n) is 10.6. The molecule has 19 heavy (non-hydrogen) atoms. The zero-order chi connectivity index (χ0) is 13.2. The van der Waals surface area contributed by atoms with Crippen LogP contribution in [0.1, 0.15) is 6.42 Å². The van der Waals surface area contributed by atoms with Gasteiger partial charge in [0, 0.05) is 36.1 Å². The van der Waals surface area contributed by atoms with Crippen LogP contribution < -0.4 is 16.4 Å². The molecular weight excluding hydrogens is 258 g/mol. The van der Waals surface area contributed by atoms with E-state index in [4.69, 9.17) is 11.5 Å². The number of hydrogen-bond donors (Lipinski definition) is 2. The van der Waals surface area contributed by atoms with Gasteiger partial charge in [0.1, 0.15) is 5.50 Å². The van der Waals surface area contributed by atoms with Crippen LogP contribution in [0.3, 0.4) is 0 Å². The molecule has 100 valence electrons. The maximum absolute atomic E-state index is 6.17. The SMILES string of the molecule is Nc1ccc2c(c1)SC(N)N2CCCn1ccnc1. The number of fused-ring (bicyclic) bond motifs is 1. The highest BCUT2D eigenvalue weighted by Crippen LogP contribution is 2.42. The molecule has 5 nitrogen and oxygen atoms in total. The number of nitrogens with zero attached hydrogens (tertiary/aromatic N) is 3. The summed E-state index contributed by atoms with van der Waals surface area (Å²) in [5.41, 5.74) is 13.9. The van der Waals surface area contributed by atoms with Crippen molar-refractivity contribution in [3.8, 4) is 0 Å². The Hall–Kier alpha value is -1.66. The van der Waals surface area contributed by atoms with Crippen molar-refractivity contribution in [3.05, 3.63) is 36.9 Å². The minimum Gasteiger partial charge on any atom is -0.399 e. The predicted molar refractivity (Wildman–Crippen MR) is 78.9 cm³/mol. The zero-order valence-corrected chi connectivity index (χ0v) is 11.4. The van der Waals surface area contributed by atoms with Crippen molar-refractivity contribution >= 4 is 23.1 Å². The van der Waals surface area contributed by atoms with Gasteiger partial charge in [-0.25, -0.2) is 4.98 Å². The molecular formula is C13H17N5S. The van der Waals surface area contributed by atoms with Crippen LogP contribution in [0, 0.1) is 0 Å². The number of benzene rings is 1. The monoisotopic (exact) mass is 275 g/mol. The second-order valence-corrected chi connectivity index (χ2v) is 5.74. The molecule has 1 aliphatic rings. The number of thioether (sulfide) groups is 1. The van der Waals surface area contributed by atoms with Gasteiger partial charge in [0.15, 0.2) is 0 Å². The van der Waals surface area contributed by atoms with Crippen LogP contribution in [0.5, 0.6) is 0 Å². The summed E-state index contributed by atoms with van der Waals surface area (Å²) < 4.78 is 2.08. The first-order chi connectivity index (χ1) is 9.24. The second-order valence-electron chi connectivity index (χ2n) is 4.58. The Balaban J connectivity index is 1.65. The van der Waals surface area contributed by atoms with E-state index in [1.807, 2.05) is 24.7 Å². The van der Waals surface area contributed by atoms with Crippen molar-refractivity contribution in [2.24, 2.45) is 5.73 Å². The van der Waals surface area contributed by atoms with Gasteiger partial charge in [0.25, 0.3) is 0 Å². The molecule has 0 radical (unpaired) electrons. The Morgan fingerprint density at radius 3 is 3.00 bits per heavy atom. The number of rotatable bonds is 4. The molecule has 1 atom stereocenters. The average Bonchev–Trinajstić information content (AvgIpc) is 2.98. The normalized spacial score (nSPS) is 17.7. The first kappa shape index (κ1) is 12.4. The molecule has 1 aliphatic heterocycles.